The molecule has 27 heavy (non-hydrogen) atoms. The Morgan fingerprint density at radius 2 is 1.85 bits per heavy atom. The average molecular weight is 378 g/mol. The number of nitrogens with one attached hydrogen (secondary N) is 1. The van der Waals surface area contributed by atoms with E-state index in [0.29, 0.717) is 27.6 Å². The molecule has 0 saturated carbocycles. The molecule has 2 aromatic heterocycles. The highest BCUT2D eigenvalue weighted by atomic mass is 32.1. The number of esters is 1. The van der Waals surface area contributed by atoms with Crippen molar-refractivity contribution in [2.75, 3.05) is 5.32 Å². The zero-order valence-corrected chi connectivity index (χ0v) is 14.9. The van der Waals surface area contributed by atoms with E-state index in [1.165, 1.54) is 11.3 Å². The van der Waals surface area contributed by atoms with E-state index in [1.54, 1.807) is 36.4 Å². The molecule has 4 rings (SSSR count). The minimum Gasteiger partial charge on any atom is -0.426 e. The highest BCUT2D eigenvalue weighted by Gasteiger charge is 2.14. The highest BCUT2D eigenvalue weighted by Crippen LogP contribution is 2.21. The summed E-state index contributed by atoms with van der Waals surface area (Å²) in [5.74, 6) is -0.223. The number of rotatable bonds is 5. The number of ether oxygens (including phenoxy) is 1. The zero-order valence-electron chi connectivity index (χ0n) is 14.0. The maximum atomic E-state index is 12.2. The van der Waals surface area contributed by atoms with Crippen molar-refractivity contribution in [3.63, 3.8) is 0 Å². The number of anilines is 1. The summed E-state index contributed by atoms with van der Waals surface area (Å²) in [4.78, 5) is 24.8. The van der Waals surface area contributed by atoms with Gasteiger partial charge in [-0.15, -0.1) is 11.3 Å². The molecule has 0 radical (unpaired) electrons. The van der Waals surface area contributed by atoms with E-state index in [2.05, 4.69) is 10.5 Å². The predicted molar refractivity (Wildman–Crippen MR) is 102 cm³/mol. The van der Waals surface area contributed by atoms with Gasteiger partial charge in [-0.25, -0.2) is 0 Å². The van der Waals surface area contributed by atoms with Crippen LogP contribution in [-0.2, 0) is 11.2 Å². The third-order valence-electron chi connectivity index (χ3n) is 3.85. The van der Waals surface area contributed by atoms with Crippen molar-refractivity contribution in [2.45, 2.75) is 6.42 Å². The van der Waals surface area contributed by atoms with Gasteiger partial charge in [0.2, 0.25) is 0 Å². The van der Waals surface area contributed by atoms with E-state index in [0.717, 1.165) is 5.39 Å². The molecule has 1 amide bonds. The Morgan fingerprint density at radius 1 is 1.04 bits per heavy atom. The minimum absolute atomic E-state index is 0.00782. The molecule has 0 aliphatic carbocycles. The Morgan fingerprint density at radius 3 is 2.63 bits per heavy atom. The lowest BCUT2D eigenvalue weighted by Gasteiger charge is -2.06. The maximum absolute atomic E-state index is 12.2. The predicted octanol–water partition coefficient (Wildman–Crippen LogP) is 4.29. The van der Waals surface area contributed by atoms with Gasteiger partial charge in [-0.2, -0.15) is 0 Å². The highest BCUT2D eigenvalue weighted by molar-refractivity contribution is 7.12. The Balaban J connectivity index is 1.38. The molecular formula is C20H14N2O4S. The summed E-state index contributed by atoms with van der Waals surface area (Å²) in [5, 5.41) is 9.35. The molecule has 4 aromatic rings. The number of aromatic nitrogens is 1. The average Bonchev–Trinajstić information content (AvgIpc) is 3.34. The molecule has 0 fully saturated rings. The van der Waals surface area contributed by atoms with E-state index in [1.807, 2.05) is 29.6 Å². The number of hydrogen-bond acceptors (Lipinski definition) is 6. The molecule has 0 bridgehead atoms. The molecule has 6 nitrogen and oxygen atoms in total. The van der Waals surface area contributed by atoms with E-state index >= 15 is 0 Å². The van der Waals surface area contributed by atoms with Crippen LogP contribution in [0.5, 0.6) is 5.75 Å². The first kappa shape index (κ1) is 17.0. The lowest BCUT2D eigenvalue weighted by molar-refractivity contribution is -0.133. The maximum Gasteiger partial charge on any atom is 0.317 e. The van der Waals surface area contributed by atoms with Crippen molar-refractivity contribution >= 4 is 39.9 Å². The Bertz CT molecular complexity index is 1080. The van der Waals surface area contributed by atoms with Gasteiger partial charge in [0.05, 0.1) is 11.3 Å². The minimum atomic E-state index is -0.440. The smallest absolute Gasteiger partial charge is 0.317 e. The number of fused-ring (bicyclic) bond motifs is 1. The molecule has 0 aliphatic rings. The van der Waals surface area contributed by atoms with Gasteiger partial charge in [0.15, 0.2) is 5.58 Å². The topological polar surface area (TPSA) is 81.4 Å². The van der Waals surface area contributed by atoms with Gasteiger partial charge in [-0.05, 0) is 47.8 Å². The number of benzene rings is 2. The molecule has 0 atom stereocenters. The van der Waals surface area contributed by atoms with Gasteiger partial charge in [0, 0.05) is 11.1 Å². The fraction of sp³-hybridized carbons (Fsp3) is 0.0500. The number of thiophene rings is 1. The Hall–Kier alpha value is -3.45. The Kier molecular flexibility index (Phi) is 4.67. The van der Waals surface area contributed by atoms with Crippen LogP contribution in [0.3, 0.4) is 0 Å². The SMILES string of the molecule is O=C(Cc1noc2ccccc12)Oc1ccc(NC(=O)c2cccs2)cc1. The van der Waals surface area contributed by atoms with Gasteiger partial charge in [0.1, 0.15) is 11.4 Å². The van der Waals surface area contributed by atoms with Crippen LogP contribution < -0.4 is 10.1 Å². The zero-order chi connectivity index (χ0) is 18.6. The van der Waals surface area contributed by atoms with Crippen molar-refractivity contribution < 1.29 is 18.8 Å². The molecule has 1 N–H and O–H groups in total. The first-order valence-corrected chi connectivity index (χ1v) is 9.06. The molecule has 0 unspecified atom stereocenters. The number of amides is 1. The van der Waals surface area contributed by atoms with E-state index in [-0.39, 0.29) is 12.3 Å². The van der Waals surface area contributed by atoms with Crippen LogP contribution in [0, 0.1) is 0 Å². The largest absolute Gasteiger partial charge is 0.426 e. The van der Waals surface area contributed by atoms with Crippen molar-refractivity contribution in [3.05, 3.63) is 76.6 Å². The quantitative estimate of drug-likeness (QED) is 0.414. The molecule has 0 aliphatic heterocycles. The fourth-order valence-corrected chi connectivity index (χ4v) is 3.20. The second-order valence-electron chi connectivity index (χ2n) is 5.73. The van der Waals surface area contributed by atoms with Crippen LogP contribution >= 0.6 is 11.3 Å². The summed E-state index contributed by atoms with van der Waals surface area (Å²) in [6.45, 7) is 0. The molecule has 134 valence electrons. The lowest BCUT2D eigenvalue weighted by Crippen LogP contribution is -2.12. The third kappa shape index (κ3) is 3.88. The van der Waals surface area contributed by atoms with Gasteiger partial charge in [0.25, 0.3) is 5.91 Å². The number of para-hydroxylation sites is 1. The summed E-state index contributed by atoms with van der Waals surface area (Å²) in [7, 11) is 0. The first-order chi connectivity index (χ1) is 13.2. The number of carbonyl (C=O) groups is 2. The van der Waals surface area contributed by atoms with Crippen LogP contribution in [-0.4, -0.2) is 17.0 Å². The van der Waals surface area contributed by atoms with Crippen molar-refractivity contribution in [1.29, 1.82) is 0 Å². The third-order valence-corrected chi connectivity index (χ3v) is 4.72. The van der Waals surface area contributed by atoms with Crippen LogP contribution in [0.1, 0.15) is 15.4 Å². The second-order valence-corrected chi connectivity index (χ2v) is 6.68. The van der Waals surface area contributed by atoms with Gasteiger partial charge >= 0.3 is 5.97 Å². The molecule has 2 aromatic carbocycles. The number of hydrogen-bond donors (Lipinski definition) is 1. The summed E-state index contributed by atoms with van der Waals surface area (Å²) in [5.41, 5.74) is 1.79. The summed E-state index contributed by atoms with van der Waals surface area (Å²) < 4.78 is 10.5. The standard InChI is InChI=1S/C20H14N2O4S/c23-19(12-16-15-4-1-2-5-17(15)26-22-16)25-14-9-7-13(8-10-14)21-20(24)18-6-3-11-27-18/h1-11H,12H2,(H,21,24). The number of nitrogens with zero attached hydrogens (tertiary/aromatic N) is 1. The van der Waals surface area contributed by atoms with Gasteiger partial charge in [-0.1, -0.05) is 23.4 Å². The first-order valence-electron chi connectivity index (χ1n) is 8.18. The van der Waals surface area contributed by atoms with Crippen molar-refractivity contribution in [2.24, 2.45) is 0 Å². The summed E-state index contributed by atoms with van der Waals surface area (Å²) >= 11 is 1.37. The normalized spacial score (nSPS) is 10.7. The van der Waals surface area contributed by atoms with Crippen LogP contribution in [0.25, 0.3) is 11.0 Å². The van der Waals surface area contributed by atoms with Gasteiger partial charge in [-0.3, -0.25) is 9.59 Å². The summed E-state index contributed by atoms with van der Waals surface area (Å²) in [6, 6.07) is 17.5. The van der Waals surface area contributed by atoms with Crippen LogP contribution in [0.2, 0.25) is 0 Å². The second kappa shape index (κ2) is 7.43. The number of carbonyl (C=O) groups excluding carboxylic acids is 2. The van der Waals surface area contributed by atoms with Gasteiger partial charge < -0.3 is 14.6 Å². The van der Waals surface area contributed by atoms with Crippen molar-refractivity contribution in [3.8, 4) is 5.75 Å². The molecule has 0 spiro atoms. The lowest BCUT2D eigenvalue weighted by atomic mass is 10.2. The molecular weight excluding hydrogens is 364 g/mol. The van der Waals surface area contributed by atoms with E-state index in [9.17, 15) is 9.59 Å². The molecule has 7 heteroatoms. The van der Waals surface area contributed by atoms with E-state index < -0.39 is 5.97 Å². The molecule has 0 saturated heterocycles. The fourth-order valence-electron chi connectivity index (χ4n) is 2.58. The van der Waals surface area contributed by atoms with E-state index in [4.69, 9.17) is 9.26 Å². The summed E-state index contributed by atoms with van der Waals surface area (Å²) in [6.07, 6.45) is 0.00782. The van der Waals surface area contributed by atoms with Crippen LogP contribution in [0.15, 0.2) is 70.6 Å². The van der Waals surface area contributed by atoms with Crippen LogP contribution in [0.4, 0.5) is 5.69 Å². The Labute approximate surface area is 158 Å². The van der Waals surface area contributed by atoms with Crippen molar-refractivity contribution in [1.82, 2.24) is 5.16 Å². The monoisotopic (exact) mass is 378 g/mol. The molecule has 2 heterocycles.